The molecule has 0 unspecified atom stereocenters. The Balaban J connectivity index is 1.85. The van der Waals surface area contributed by atoms with Gasteiger partial charge in [-0.25, -0.2) is 8.78 Å². The highest BCUT2D eigenvalue weighted by atomic mass is 32.1. The van der Waals surface area contributed by atoms with Crippen LogP contribution in [0.1, 0.15) is 37.2 Å². The minimum Gasteiger partial charge on any atom is -0.328 e. The van der Waals surface area contributed by atoms with Crippen molar-refractivity contribution < 1.29 is 8.78 Å². The van der Waals surface area contributed by atoms with Gasteiger partial charge in [-0.1, -0.05) is 0 Å². The molecule has 30 heavy (non-hydrogen) atoms. The summed E-state index contributed by atoms with van der Waals surface area (Å²) >= 11 is 1.04. The molecule has 3 N–H and O–H groups in total. The number of halogens is 2. The second kappa shape index (κ2) is 7.14. The first-order valence-corrected chi connectivity index (χ1v) is 10.7. The summed E-state index contributed by atoms with van der Waals surface area (Å²) < 4.78 is 32.9. The SMILES string of the molecule is NC1CCC(c2cc3c(cc2F)c(=O)c2c(=O)[nH]sc2n3-c2ccc(F)cc2)CC1. The predicted molar refractivity (Wildman–Crippen MR) is 115 cm³/mol. The first kappa shape index (κ1) is 19.1. The van der Waals surface area contributed by atoms with E-state index in [9.17, 15) is 14.0 Å². The molecule has 2 heterocycles. The van der Waals surface area contributed by atoms with Crippen LogP contribution in [0, 0.1) is 11.6 Å². The molecule has 2 aromatic carbocycles. The van der Waals surface area contributed by atoms with Crippen molar-refractivity contribution in [3.63, 3.8) is 0 Å². The Morgan fingerprint density at radius 3 is 2.43 bits per heavy atom. The maximum Gasteiger partial charge on any atom is 0.271 e. The summed E-state index contributed by atoms with van der Waals surface area (Å²) in [5.41, 5.74) is 6.62. The molecule has 1 fully saturated rings. The van der Waals surface area contributed by atoms with Crippen molar-refractivity contribution in [2.24, 2.45) is 5.73 Å². The maximum atomic E-state index is 15.1. The van der Waals surface area contributed by atoms with E-state index in [4.69, 9.17) is 5.73 Å². The average Bonchev–Trinajstić information content (AvgIpc) is 3.12. The summed E-state index contributed by atoms with van der Waals surface area (Å²) in [6, 6.07) is 8.86. The van der Waals surface area contributed by atoms with Gasteiger partial charge in [-0.15, -0.1) is 0 Å². The van der Waals surface area contributed by atoms with Gasteiger partial charge in [-0.05, 0) is 85.1 Å². The van der Waals surface area contributed by atoms with Crippen LogP contribution < -0.4 is 16.7 Å². The highest BCUT2D eigenvalue weighted by Crippen LogP contribution is 2.36. The monoisotopic (exact) mass is 427 g/mol. The van der Waals surface area contributed by atoms with Gasteiger partial charge in [0, 0.05) is 17.1 Å². The van der Waals surface area contributed by atoms with Crippen LogP contribution in [0.3, 0.4) is 0 Å². The Kier molecular flexibility index (Phi) is 4.56. The minimum absolute atomic E-state index is 0.0200. The lowest BCUT2D eigenvalue weighted by molar-refractivity contribution is 0.387. The van der Waals surface area contributed by atoms with E-state index >= 15 is 4.39 Å². The number of rotatable bonds is 2. The second-order valence-corrected chi connectivity index (χ2v) is 8.65. The number of benzene rings is 2. The molecule has 0 saturated heterocycles. The summed E-state index contributed by atoms with van der Waals surface area (Å²) in [7, 11) is 0. The van der Waals surface area contributed by atoms with Crippen LogP contribution in [0.4, 0.5) is 8.78 Å². The number of fused-ring (bicyclic) bond motifs is 2. The van der Waals surface area contributed by atoms with E-state index < -0.39 is 22.6 Å². The lowest BCUT2D eigenvalue weighted by Crippen LogP contribution is -2.26. The second-order valence-electron chi connectivity index (χ2n) is 7.86. The van der Waals surface area contributed by atoms with Crippen LogP contribution in [0.2, 0.25) is 0 Å². The van der Waals surface area contributed by atoms with Gasteiger partial charge in [0.1, 0.15) is 21.9 Å². The van der Waals surface area contributed by atoms with Gasteiger partial charge in [0.05, 0.1) is 5.52 Å². The number of hydrogen-bond acceptors (Lipinski definition) is 4. The van der Waals surface area contributed by atoms with E-state index in [-0.39, 0.29) is 22.7 Å². The zero-order valence-corrected chi connectivity index (χ0v) is 16.8. The molecule has 8 heteroatoms. The lowest BCUT2D eigenvalue weighted by atomic mass is 9.81. The van der Waals surface area contributed by atoms with Crippen LogP contribution in [0.5, 0.6) is 0 Å². The van der Waals surface area contributed by atoms with Crippen LogP contribution in [0.15, 0.2) is 46.0 Å². The third-order valence-electron chi connectivity index (χ3n) is 6.01. The molecule has 0 amide bonds. The van der Waals surface area contributed by atoms with Crippen molar-refractivity contribution in [2.45, 2.75) is 37.6 Å². The number of nitrogens with zero attached hydrogens (tertiary/aromatic N) is 1. The van der Waals surface area contributed by atoms with Crippen molar-refractivity contribution in [3.8, 4) is 5.69 Å². The fraction of sp³-hybridized carbons (Fsp3) is 0.273. The zero-order valence-electron chi connectivity index (χ0n) is 16.0. The van der Waals surface area contributed by atoms with Crippen LogP contribution in [0.25, 0.3) is 26.8 Å². The number of hydrogen-bond donors (Lipinski definition) is 2. The smallest absolute Gasteiger partial charge is 0.271 e. The van der Waals surface area contributed by atoms with E-state index in [0.29, 0.717) is 21.6 Å². The Morgan fingerprint density at radius 2 is 1.73 bits per heavy atom. The number of aromatic nitrogens is 2. The third kappa shape index (κ3) is 2.98. The number of aromatic amines is 1. The highest BCUT2D eigenvalue weighted by molar-refractivity contribution is 7.12. The van der Waals surface area contributed by atoms with E-state index in [0.717, 1.165) is 37.2 Å². The first-order valence-electron chi connectivity index (χ1n) is 9.85. The summed E-state index contributed by atoms with van der Waals surface area (Å²) in [4.78, 5) is 25.7. The van der Waals surface area contributed by atoms with Gasteiger partial charge >= 0.3 is 0 Å². The quantitative estimate of drug-likeness (QED) is 0.504. The molecule has 0 bridgehead atoms. The third-order valence-corrected chi connectivity index (χ3v) is 6.88. The normalized spacial score (nSPS) is 19.6. The van der Waals surface area contributed by atoms with Gasteiger partial charge < -0.3 is 5.73 Å². The molecular weight excluding hydrogens is 408 g/mol. The Labute approximate surface area is 173 Å². The van der Waals surface area contributed by atoms with Gasteiger partial charge in [-0.3, -0.25) is 18.5 Å². The largest absolute Gasteiger partial charge is 0.328 e. The van der Waals surface area contributed by atoms with Crippen molar-refractivity contribution in [1.29, 1.82) is 0 Å². The summed E-state index contributed by atoms with van der Waals surface area (Å²) in [6.07, 6.45) is 3.21. The van der Waals surface area contributed by atoms with Crippen molar-refractivity contribution in [1.82, 2.24) is 8.94 Å². The molecule has 0 spiro atoms. The number of nitrogens with one attached hydrogen (secondary N) is 1. The Hall–Kier alpha value is -2.84. The van der Waals surface area contributed by atoms with Gasteiger partial charge in [0.2, 0.25) is 5.43 Å². The molecule has 0 aliphatic heterocycles. The van der Waals surface area contributed by atoms with Crippen molar-refractivity contribution in [3.05, 3.63) is 74.2 Å². The zero-order chi connectivity index (χ0) is 21.0. The predicted octanol–water partition coefficient (Wildman–Crippen LogP) is 4.16. The van der Waals surface area contributed by atoms with Crippen molar-refractivity contribution >= 4 is 32.7 Å². The average molecular weight is 427 g/mol. The van der Waals surface area contributed by atoms with Crippen LogP contribution in [-0.4, -0.2) is 15.0 Å². The lowest BCUT2D eigenvalue weighted by Gasteiger charge is -2.27. The molecular formula is C22H19F2N3O2S. The summed E-state index contributed by atoms with van der Waals surface area (Å²) in [5, 5.41) is 0.108. The van der Waals surface area contributed by atoms with Crippen molar-refractivity contribution in [2.75, 3.05) is 0 Å². The standard InChI is InChI=1S/C22H19F2N3O2S/c23-12-3-7-14(8-4-12)27-18-10-15(11-1-5-13(25)6-2-11)17(24)9-16(18)20(28)19-21(29)26-30-22(19)27/h3-4,7-11,13H,1-2,5-6,25H2,(H,26,29). The van der Waals surface area contributed by atoms with E-state index in [1.54, 1.807) is 22.8 Å². The Bertz CT molecular complexity index is 1380. The van der Waals surface area contributed by atoms with Crippen LogP contribution >= 0.6 is 11.5 Å². The van der Waals surface area contributed by atoms with Gasteiger partial charge in [0.15, 0.2) is 0 Å². The van der Waals surface area contributed by atoms with Gasteiger partial charge in [-0.2, -0.15) is 0 Å². The topological polar surface area (TPSA) is 80.9 Å². The molecule has 5 nitrogen and oxygen atoms in total. The Morgan fingerprint density at radius 1 is 1.03 bits per heavy atom. The molecule has 0 radical (unpaired) electrons. The molecule has 0 atom stereocenters. The van der Waals surface area contributed by atoms with Gasteiger partial charge in [0.25, 0.3) is 5.56 Å². The molecule has 2 aromatic heterocycles. The summed E-state index contributed by atoms with van der Waals surface area (Å²) in [6.45, 7) is 0. The van der Waals surface area contributed by atoms with Crippen LogP contribution in [-0.2, 0) is 0 Å². The fourth-order valence-corrected chi connectivity index (χ4v) is 5.30. The van der Waals surface area contributed by atoms with E-state index in [1.807, 2.05) is 0 Å². The molecule has 5 rings (SSSR count). The molecule has 1 aliphatic carbocycles. The molecule has 154 valence electrons. The fourth-order valence-electron chi connectivity index (χ4n) is 4.43. The highest BCUT2D eigenvalue weighted by Gasteiger charge is 2.25. The molecule has 1 saturated carbocycles. The minimum atomic E-state index is -0.511. The summed E-state index contributed by atoms with van der Waals surface area (Å²) in [5.74, 6) is -0.823. The number of pyridine rings is 1. The first-order chi connectivity index (χ1) is 14.4. The maximum absolute atomic E-state index is 15.1. The number of nitrogens with two attached hydrogens (primary N) is 1. The molecule has 4 aromatic rings. The molecule has 1 aliphatic rings. The van der Waals surface area contributed by atoms with E-state index in [2.05, 4.69) is 4.37 Å². The van der Waals surface area contributed by atoms with E-state index in [1.165, 1.54) is 18.2 Å². The number of H-pyrrole nitrogens is 1.